The SMILES string of the molecule is CNC(=O)COc1cccc(N)c1.CNC(=O)COc1cccc([N+](=O)[O-])c1. The number of amides is 2. The molecule has 2 aromatic rings. The standard InChI is InChI=1S/C9H10N2O4.C9H12N2O2/c1-10-9(12)6-15-8-4-2-3-7(5-8)11(13)14;1-11-9(12)6-13-8-4-2-3-7(10)5-8/h2-5H,6H2,1H3,(H,10,12);2-5H,6,10H2,1H3,(H,11,12). The Bertz CT molecular complexity index is 812. The highest BCUT2D eigenvalue weighted by Gasteiger charge is 2.07. The van der Waals surface area contributed by atoms with Crippen LogP contribution in [0.15, 0.2) is 48.5 Å². The fraction of sp³-hybridized carbons (Fsp3) is 0.222. The van der Waals surface area contributed by atoms with E-state index >= 15 is 0 Å². The molecule has 0 saturated carbocycles. The Hall–Kier alpha value is -3.82. The molecule has 10 nitrogen and oxygen atoms in total. The van der Waals surface area contributed by atoms with E-state index in [1.165, 1.54) is 25.2 Å². The third-order valence-corrected chi connectivity index (χ3v) is 3.18. The van der Waals surface area contributed by atoms with Gasteiger partial charge in [-0.3, -0.25) is 19.7 Å². The number of benzene rings is 2. The van der Waals surface area contributed by atoms with Crippen molar-refractivity contribution in [2.24, 2.45) is 0 Å². The zero-order valence-corrected chi connectivity index (χ0v) is 15.5. The third kappa shape index (κ3) is 8.52. The highest BCUT2D eigenvalue weighted by Crippen LogP contribution is 2.18. The molecule has 0 bridgehead atoms. The van der Waals surface area contributed by atoms with Gasteiger partial charge in [0.25, 0.3) is 17.5 Å². The number of hydrogen-bond donors (Lipinski definition) is 3. The van der Waals surface area contributed by atoms with Crippen LogP contribution in [-0.2, 0) is 9.59 Å². The van der Waals surface area contributed by atoms with Gasteiger partial charge in [-0.25, -0.2) is 0 Å². The van der Waals surface area contributed by atoms with Crippen LogP contribution in [0.25, 0.3) is 0 Å². The van der Waals surface area contributed by atoms with Gasteiger partial charge in [-0.1, -0.05) is 12.1 Å². The van der Waals surface area contributed by atoms with Crippen molar-refractivity contribution in [1.29, 1.82) is 0 Å². The van der Waals surface area contributed by atoms with Crippen LogP contribution in [0.1, 0.15) is 0 Å². The van der Waals surface area contributed by atoms with Crippen LogP contribution in [0.4, 0.5) is 11.4 Å². The zero-order valence-electron chi connectivity index (χ0n) is 15.5. The molecular formula is C18H22N4O6. The molecule has 0 atom stereocenters. The van der Waals surface area contributed by atoms with E-state index in [4.69, 9.17) is 15.2 Å². The van der Waals surface area contributed by atoms with Gasteiger partial charge in [-0.15, -0.1) is 0 Å². The molecule has 0 unspecified atom stereocenters. The van der Waals surface area contributed by atoms with Crippen LogP contribution >= 0.6 is 0 Å². The molecule has 28 heavy (non-hydrogen) atoms. The normalized spacial score (nSPS) is 9.36. The molecule has 0 aromatic heterocycles. The van der Waals surface area contributed by atoms with Crippen molar-refractivity contribution in [3.8, 4) is 11.5 Å². The largest absolute Gasteiger partial charge is 0.484 e. The maximum atomic E-state index is 10.8. The molecule has 4 N–H and O–H groups in total. The van der Waals surface area contributed by atoms with E-state index in [0.29, 0.717) is 17.2 Å². The lowest BCUT2D eigenvalue weighted by molar-refractivity contribution is -0.384. The molecule has 150 valence electrons. The summed E-state index contributed by atoms with van der Waals surface area (Å²) in [6.07, 6.45) is 0. The van der Waals surface area contributed by atoms with Crippen molar-refractivity contribution in [1.82, 2.24) is 10.6 Å². The second-order valence-electron chi connectivity index (χ2n) is 5.25. The molecule has 0 aliphatic rings. The molecule has 0 aliphatic carbocycles. The van der Waals surface area contributed by atoms with Gasteiger partial charge in [-0.2, -0.15) is 0 Å². The number of carbonyl (C=O) groups is 2. The average molecular weight is 390 g/mol. The first-order valence-electron chi connectivity index (χ1n) is 8.12. The smallest absolute Gasteiger partial charge is 0.273 e. The molecule has 0 spiro atoms. The number of nitro groups is 1. The number of nitrogens with zero attached hydrogens (tertiary/aromatic N) is 1. The quantitative estimate of drug-likeness (QED) is 0.365. The number of nitro benzene ring substituents is 1. The number of likely N-dealkylation sites (N-methyl/N-ethyl adjacent to an activating group) is 2. The minimum atomic E-state index is -0.521. The molecule has 10 heteroatoms. The summed E-state index contributed by atoms with van der Waals surface area (Å²) in [7, 11) is 3.05. The van der Waals surface area contributed by atoms with Gasteiger partial charge in [0.05, 0.1) is 11.0 Å². The minimum Gasteiger partial charge on any atom is -0.484 e. The Labute approximate surface area is 161 Å². The van der Waals surface area contributed by atoms with Crippen LogP contribution in [0.5, 0.6) is 11.5 Å². The maximum Gasteiger partial charge on any atom is 0.273 e. The Morgan fingerprint density at radius 3 is 1.93 bits per heavy atom. The van der Waals surface area contributed by atoms with Gasteiger partial charge in [0.15, 0.2) is 13.2 Å². The van der Waals surface area contributed by atoms with Crippen molar-refractivity contribution in [2.75, 3.05) is 33.0 Å². The van der Waals surface area contributed by atoms with Crippen LogP contribution in [0.3, 0.4) is 0 Å². The fourth-order valence-corrected chi connectivity index (χ4v) is 1.73. The summed E-state index contributed by atoms with van der Waals surface area (Å²) in [6.45, 7) is -0.141. The first kappa shape index (κ1) is 22.2. The van der Waals surface area contributed by atoms with Gasteiger partial charge >= 0.3 is 0 Å². The number of non-ortho nitro benzene ring substituents is 1. The number of carbonyl (C=O) groups excluding carboxylic acids is 2. The van der Waals surface area contributed by atoms with Gasteiger partial charge < -0.3 is 25.8 Å². The second-order valence-corrected chi connectivity index (χ2v) is 5.25. The summed E-state index contributed by atoms with van der Waals surface area (Å²) >= 11 is 0. The first-order chi connectivity index (χ1) is 13.3. The van der Waals surface area contributed by atoms with E-state index in [9.17, 15) is 19.7 Å². The van der Waals surface area contributed by atoms with E-state index in [1.807, 2.05) is 0 Å². The van der Waals surface area contributed by atoms with E-state index in [-0.39, 0.29) is 30.7 Å². The predicted molar refractivity (Wildman–Crippen MR) is 103 cm³/mol. The molecule has 0 radical (unpaired) electrons. The topological polar surface area (TPSA) is 146 Å². The van der Waals surface area contributed by atoms with Crippen LogP contribution in [0.2, 0.25) is 0 Å². The third-order valence-electron chi connectivity index (χ3n) is 3.18. The Balaban J connectivity index is 0.000000283. The Kier molecular flexibility index (Phi) is 9.31. The van der Waals surface area contributed by atoms with Crippen LogP contribution < -0.4 is 25.8 Å². The van der Waals surface area contributed by atoms with Crippen LogP contribution in [-0.4, -0.2) is 44.0 Å². The van der Waals surface area contributed by atoms with Gasteiger partial charge in [0.1, 0.15) is 11.5 Å². The molecule has 0 saturated heterocycles. The van der Waals surface area contributed by atoms with Crippen molar-refractivity contribution >= 4 is 23.2 Å². The number of nitrogens with one attached hydrogen (secondary N) is 2. The van der Waals surface area contributed by atoms with E-state index in [1.54, 1.807) is 37.4 Å². The first-order valence-corrected chi connectivity index (χ1v) is 8.12. The minimum absolute atomic E-state index is 0.0138. The lowest BCUT2D eigenvalue weighted by Crippen LogP contribution is -2.24. The molecule has 0 aliphatic heterocycles. The molecule has 0 heterocycles. The number of ether oxygens (including phenoxy) is 2. The van der Waals surface area contributed by atoms with Gasteiger partial charge in [0.2, 0.25) is 0 Å². The van der Waals surface area contributed by atoms with Crippen molar-refractivity contribution < 1.29 is 24.0 Å². The highest BCUT2D eigenvalue weighted by molar-refractivity contribution is 5.77. The van der Waals surface area contributed by atoms with Crippen LogP contribution in [0, 0.1) is 10.1 Å². The number of hydrogen-bond acceptors (Lipinski definition) is 7. The number of nitrogens with two attached hydrogens (primary N) is 1. The van der Waals surface area contributed by atoms with Crippen molar-refractivity contribution in [3.63, 3.8) is 0 Å². The van der Waals surface area contributed by atoms with E-state index in [2.05, 4.69) is 10.6 Å². The lowest BCUT2D eigenvalue weighted by atomic mass is 10.3. The summed E-state index contributed by atoms with van der Waals surface area (Å²) in [5.41, 5.74) is 6.07. The molecular weight excluding hydrogens is 368 g/mol. The fourth-order valence-electron chi connectivity index (χ4n) is 1.73. The summed E-state index contributed by atoms with van der Waals surface area (Å²) in [5.74, 6) is 0.445. The summed E-state index contributed by atoms with van der Waals surface area (Å²) in [5, 5.41) is 15.2. The van der Waals surface area contributed by atoms with Crippen molar-refractivity contribution in [2.45, 2.75) is 0 Å². The molecule has 2 aromatic carbocycles. The second kappa shape index (κ2) is 11.7. The lowest BCUT2D eigenvalue weighted by Gasteiger charge is -2.04. The summed E-state index contributed by atoms with van der Waals surface area (Å²) < 4.78 is 10.2. The summed E-state index contributed by atoms with van der Waals surface area (Å²) in [6, 6.07) is 12.6. The highest BCUT2D eigenvalue weighted by atomic mass is 16.6. The molecule has 0 fully saturated rings. The van der Waals surface area contributed by atoms with E-state index < -0.39 is 4.92 Å². The van der Waals surface area contributed by atoms with Gasteiger partial charge in [-0.05, 0) is 18.2 Å². The number of anilines is 1. The number of rotatable bonds is 7. The summed E-state index contributed by atoms with van der Waals surface area (Å²) in [4.78, 5) is 31.5. The van der Waals surface area contributed by atoms with Gasteiger partial charge in [0, 0.05) is 31.9 Å². The molecule has 2 amide bonds. The molecule has 2 rings (SSSR count). The zero-order chi connectivity index (χ0) is 20.9. The predicted octanol–water partition coefficient (Wildman–Crippen LogP) is 1.11. The van der Waals surface area contributed by atoms with E-state index in [0.717, 1.165) is 0 Å². The maximum absolute atomic E-state index is 10.8. The Morgan fingerprint density at radius 1 is 0.964 bits per heavy atom. The number of nitrogen functional groups attached to an aromatic ring is 1. The monoisotopic (exact) mass is 390 g/mol. The average Bonchev–Trinajstić information content (AvgIpc) is 2.70. The Morgan fingerprint density at radius 2 is 1.46 bits per heavy atom. The van der Waals surface area contributed by atoms with Crippen molar-refractivity contribution in [3.05, 3.63) is 58.6 Å².